The molecule has 0 aliphatic carbocycles. The lowest BCUT2D eigenvalue weighted by Gasteiger charge is -2.29. The Morgan fingerprint density at radius 1 is 0.966 bits per heavy atom. The summed E-state index contributed by atoms with van der Waals surface area (Å²) in [4.78, 5) is 25.2. The number of allylic oxidation sites excluding steroid dienone is 1. The molecule has 2 aromatic carbocycles. The Morgan fingerprint density at radius 3 is 2.24 bits per heavy atom. The molecule has 1 atom stereocenters. The number of carbonyl (C=O) groups is 2. The second kappa shape index (κ2) is 8.55. The smallest absolute Gasteiger partial charge is 0.319 e. The van der Waals surface area contributed by atoms with Gasteiger partial charge in [0.2, 0.25) is 0 Å². The highest BCUT2D eigenvalue weighted by atomic mass is 16.5. The Balaban J connectivity index is 1.98. The number of nitrogens with one attached hydrogen (secondary N) is 3. The summed E-state index contributed by atoms with van der Waals surface area (Å²) in [6.45, 7) is 1.68. The van der Waals surface area contributed by atoms with Crippen LogP contribution >= 0.6 is 0 Å². The van der Waals surface area contributed by atoms with Gasteiger partial charge in [-0.3, -0.25) is 4.79 Å². The molecule has 0 bridgehead atoms. The summed E-state index contributed by atoms with van der Waals surface area (Å²) in [7, 11) is 4.65. The van der Waals surface area contributed by atoms with Crippen molar-refractivity contribution in [1.29, 1.82) is 0 Å². The van der Waals surface area contributed by atoms with Crippen LogP contribution in [0.5, 0.6) is 17.2 Å². The average molecular weight is 397 g/mol. The van der Waals surface area contributed by atoms with E-state index in [0.717, 1.165) is 0 Å². The van der Waals surface area contributed by atoms with E-state index >= 15 is 0 Å². The van der Waals surface area contributed by atoms with E-state index in [4.69, 9.17) is 14.2 Å². The van der Waals surface area contributed by atoms with Crippen LogP contribution in [-0.4, -0.2) is 33.3 Å². The molecular formula is C21H23N3O5. The molecule has 0 fully saturated rings. The number of amides is 3. The van der Waals surface area contributed by atoms with Gasteiger partial charge in [-0.05, 0) is 49.4 Å². The zero-order valence-corrected chi connectivity index (χ0v) is 16.7. The van der Waals surface area contributed by atoms with Crippen LogP contribution < -0.4 is 30.2 Å². The van der Waals surface area contributed by atoms with Crippen molar-refractivity contribution in [1.82, 2.24) is 10.6 Å². The Bertz CT molecular complexity index is 953. The second-order valence-electron chi connectivity index (χ2n) is 6.36. The molecule has 0 spiro atoms. The first-order chi connectivity index (χ1) is 14.0. The molecule has 1 aliphatic heterocycles. The van der Waals surface area contributed by atoms with E-state index in [1.54, 1.807) is 63.6 Å². The molecule has 3 rings (SSSR count). The molecular weight excluding hydrogens is 374 g/mol. The number of benzene rings is 2. The number of ether oxygens (including phenoxy) is 3. The van der Waals surface area contributed by atoms with E-state index in [1.165, 1.54) is 7.11 Å². The molecule has 3 amide bonds. The minimum absolute atomic E-state index is 0.352. The summed E-state index contributed by atoms with van der Waals surface area (Å²) in [5.41, 5.74) is 2.03. The normalized spacial score (nSPS) is 15.9. The van der Waals surface area contributed by atoms with Crippen molar-refractivity contribution in [2.24, 2.45) is 0 Å². The zero-order valence-electron chi connectivity index (χ0n) is 16.7. The van der Waals surface area contributed by atoms with E-state index in [-0.39, 0.29) is 5.91 Å². The van der Waals surface area contributed by atoms with Crippen LogP contribution in [0.2, 0.25) is 0 Å². The molecule has 1 aliphatic rings. The molecule has 8 heteroatoms. The van der Waals surface area contributed by atoms with Crippen LogP contribution in [0.25, 0.3) is 0 Å². The number of hydrogen-bond acceptors (Lipinski definition) is 5. The Labute approximate surface area is 168 Å². The molecule has 3 N–H and O–H groups in total. The van der Waals surface area contributed by atoms with Gasteiger partial charge in [0.25, 0.3) is 5.91 Å². The van der Waals surface area contributed by atoms with E-state index in [0.29, 0.717) is 39.8 Å². The summed E-state index contributed by atoms with van der Waals surface area (Å²) < 4.78 is 15.9. The third kappa shape index (κ3) is 4.26. The van der Waals surface area contributed by atoms with Crippen molar-refractivity contribution in [2.75, 3.05) is 26.6 Å². The van der Waals surface area contributed by atoms with Gasteiger partial charge in [0.1, 0.15) is 17.2 Å². The zero-order chi connectivity index (χ0) is 21.0. The molecule has 152 valence electrons. The molecule has 2 aromatic rings. The maximum Gasteiger partial charge on any atom is 0.319 e. The lowest BCUT2D eigenvalue weighted by molar-refractivity contribution is -0.113. The van der Waals surface area contributed by atoms with Gasteiger partial charge in [0, 0.05) is 16.9 Å². The van der Waals surface area contributed by atoms with Crippen LogP contribution in [-0.2, 0) is 4.79 Å². The monoisotopic (exact) mass is 397 g/mol. The summed E-state index contributed by atoms with van der Waals surface area (Å²) in [6.07, 6.45) is 0. The van der Waals surface area contributed by atoms with E-state index in [9.17, 15) is 9.59 Å². The first-order valence-corrected chi connectivity index (χ1v) is 8.92. The van der Waals surface area contributed by atoms with Crippen molar-refractivity contribution in [3.8, 4) is 17.2 Å². The highest BCUT2D eigenvalue weighted by molar-refractivity contribution is 6.06. The van der Waals surface area contributed by atoms with Gasteiger partial charge in [0.15, 0.2) is 0 Å². The minimum Gasteiger partial charge on any atom is -0.497 e. The number of rotatable bonds is 6. The largest absolute Gasteiger partial charge is 0.497 e. The van der Waals surface area contributed by atoms with E-state index in [1.807, 2.05) is 0 Å². The molecule has 1 heterocycles. The van der Waals surface area contributed by atoms with Gasteiger partial charge < -0.3 is 30.2 Å². The Kier molecular flexibility index (Phi) is 5.92. The molecule has 0 saturated heterocycles. The Hall–Kier alpha value is -3.68. The van der Waals surface area contributed by atoms with Gasteiger partial charge in [0.05, 0.1) is 32.9 Å². The predicted octanol–water partition coefficient (Wildman–Crippen LogP) is 2.98. The summed E-state index contributed by atoms with van der Waals surface area (Å²) in [6, 6.07) is 11.1. The van der Waals surface area contributed by atoms with Crippen molar-refractivity contribution in [3.05, 3.63) is 59.3 Å². The summed E-state index contributed by atoms with van der Waals surface area (Å²) >= 11 is 0. The van der Waals surface area contributed by atoms with Gasteiger partial charge in [-0.2, -0.15) is 0 Å². The van der Waals surface area contributed by atoms with Crippen molar-refractivity contribution < 1.29 is 23.8 Å². The highest BCUT2D eigenvalue weighted by Gasteiger charge is 2.33. The molecule has 29 heavy (non-hydrogen) atoms. The fraction of sp³-hybridized carbons (Fsp3) is 0.238. The molecule has 0 saturated carbocycles. The number of anilines is 1. The molecule has 0 aromatic heterocycles. The van der Waals surface area contributed by atoms with Gasteiger partial charge >= 0.3 is 6.03 Å². The standard InChI is InChI=1S/C21H23N3O5/c1-12-18(20(25)23-13-5-7-14(27-2)8-6-13)19(24-21(26)22-12)16-11-15(28-3)9-10-17(16)29-4/h5-11,19H,1-4H3,(H,23,25)(H2,22,24,26)/t19-/m0/s1. The summed E-state index contributed by atoms with van der Waals surface area (Å²) in [5, 5.41) is 8.31. The highest BCUT2D eigenvalue weighted by Crippen LogP contribution is 2.36. The fourth-order valence-corrected chi connectivity index (χ4v) is 3.17. The molecule has 0 radical (unpaired) electrons. The number of carbonyl (C=O) groups excluding carboxylic acids is 2. The van der Waals surface area contributed by atoms with Crippen molar-refractivity contribution in [2.45, 2.75) is 13.0 Å². The fourth-order valence-electron chi connectivity index (χ4n) is 3.17. The topological polar surface area (TPSA) is 97.9 Å². The average Bonchev–Trinajstić information content (AvgIpc) is 2.73. The Morgan fingerprint density at radius 2 is 1.62 bits per heavy atom. The maximum atomic E-state index is 13.1. The van der Waals surface area contributed by atoms with Crippen LogP contribution in [0.1, 0.15) is 18.5 Å². The van der Waals surface area contributed by atoms with Crippen molar-refractivity contribution in [3.63, 3.8) is 0 Å². The van der Waals surface area contributed by atoms with Gasteiger partial charge in [-0.15, -0.1) is 0 Å². The van der Waals surface area contributed by atoms with Gasteiger partial charge in [-0.25, -0.2) is 4.79 Å². The lowest BCUT2D eigenvalue weighted by atomic mass is 9.93. The first kappa shape index (κ1) is 20.1. The van der Waals surface area contributed by atoms with Gasteiger partial charge in [-0.1, -0.05) is 0 Å². The third-order valence-corrected chi connectivity index (χ3v) is 4.61. The second-order valence-corrected chi connectivity index (χ2v) is 6.36. The first-order valence-electron chi connectivity index (χ1n) is 8.92. The van der Waals surface area contributed by atoms with Crippen LogP contribution in [0.3, 0.4) is 0 Å². The van der Waals surface area contributed by atoms with E-state index in [2.05, 4.69) is 16.0 Å². The number of hydrogen-bond donors (Lipinski definition) is 3. The van der Waals surface area contributed by atoms with Crippen LogP contribution in [0, 0.1) is 0 Å². The maximum absolute atomic E-state index is 13.1. The summed E-state index contributed by atoms with van der Waals surface area (Å²) in [5.74, 6) is 1.45. The van der Waals surface area contributed by atoms with Crippen molar-refractivity contribution >= 4 is 17.6 Å². The number of methoxy groups -OCH3 is 3. The minimum atomic E-state index is -0.716. The lowest BCUT2D eigenvalue weighted by Crippen LogP contribution is -2.46. The third-order valence-electron chi connectivity index (χ3n) is 4.61. The molecule has 0 unspecified atom stereocenters. The van der Waals surface area contributed by atoms with Crippen LogP contribution in [0.4, 0.5) is 10.5 Å². The van der Waals surface area contributed by atoms with Crippen LogP contribution in [0.15, 0.2) is 53.7 Å². The quantitative estimate of drug-likeness (QED) is 0.696. The SMILES string of the molecule is COc1ccc(NC(=O)C2=C(C)NC(=O)N[C@H]2c2cc(OC)ccc2OC)cc1. The molecule has 8 nitrogen and oxygen atoms in total. The number of urea groups is 1. The van der Waals surface area contributed by atoms with E-state index < -0.39 is 12.1 Å². The predicted molar refractivity (Wildman–Crippen MR) is 108 cm³/mol.